The lowest BCUT2D eigenvalue weighted by molar-refractivity contribution is 1.28. The number of nitrogens with zero attached hydrogens (tertiary/aromatic N) is 1. The van der Waals surface area contributed by atoms with Crippen molar-refractivity contribution in [3.63, 3.8) is 0 Å². The van der Waals surface area contributed by atoms with Crippen LogP contribution in [0, 0.1) is 0 Å². The molecule has 9 aromatic rings. The minimum absolute atomic E-state index is 1.10. The van der Waals surface area contributed by atoms with Crippen LogP contribution < -0.4 is 4.90 Å². The van der Waals surface area contributed by atoms with Crippen LogP contribution in [-0.4, -0.2) is 0 Å². The zero-order valence-corrected chi connectivity index (χ0v) is 29.3. The van der Waals surface area contributed by atoms with E-state index in [4.69, 9.17) is 0 Å². The second-order valence-electron chi connectivity index (χ2n) is 13.4. The summed E-state index contributed by atoms with van der Waals surface area (Å²) in [6.45, 7) is 0. The monoisotopic (exact) mass is 675 g/mol. The smallest absolute Gasteiger partial charge is 0.0467 e. The van der Waals surface area contributed by atoms with Crippen molar-refractivity contribution in [1.29, 1.82) is 0 Å². The number of fused-ring (bicyclic) bond motifs is 1. The van der Waals surface area contributed by atoms with Gasteiger partial charge in [0.05, 0.1) is 0 Å². The van der Waals surface area contributed by atoms with Crippen LogP contribution >= 0.6 is 0 Å². The third kappa shape index (κ3) is 6.65. The molecule has 0 aliphatic rings. The minimum atomic E-state index is 1.10. The van der Waals surface area contributed by atoms with Crippen molar-refractivity contribution in [1.82, 2.24) is 0 Å². The first kappa shape index (κ1) is 32.0. The normalized spacial score (nSPS) is 11.0. The summed E-state index contributed by atoms with van der Waals surface area (Å²) >= 11 is 0. The summed E-state index contributed by atoms with van der Waals surface area (Å²) in [6.07, 6.45) is 0. The number of hydrogen-bond donors (Lipinski definition) is 0. The molecule has 0 radical (unpaired) electrons. The highest BCUT2D eigenvalue weighted by Crippen LogP contribution is 2.39. The van der Waals surface area contributed by atoms with Gasteiger partial charge in [-0.2, -0.15) is 0 Å². The molecule has 0 aromatic heterocycles. The van der Waals surface area contributed by atoms with Gasteiger partial charge in [0.15, 0.2) is 0 Å². The Morgan fingerprint density at radius 1 is 0.226 bits per heavy atom. The molecule has 0 heterocycles. The average molecular weight is 676 g/mol. The van der Waals surface area contributed by atoms with Gasteiger partial charge in [0, 0.05) is 17.1 Å². The SMILES string of the molecule is c1ccc(-c2ccc(-c3ccc(N(c4ccc(-c5cccc6ccccc56)cc4)c4cccc(-c5ccc(-c6ccccc6)cc5)c4)cc3)cc2)cc1. The zero-order chi connectivity index (χ0) is 35.4. The van der Waals surface area contributed by atoms with Gasteiger partial charge in [0.1, 0.15) is 0 Å². The van der Waals surface area contributed by atoms with Crippen molar-refractivity contribution in [2.75, 3.05) is 4.90 Å². The molecular weight excluding hydrogens is 639 g/mol. The van der Waals surface area contributed by atoms with Crippen molar-refractivity contribution in [3.8, 4) is 55.6 Å². The summed E-state index contributed by atoms with van der Waals surface area (Å²) in [6, 6.07) is 80.7. The van der Waals surface area contributed by atoms with Crippen LogP contribution in [0.15, 0.2) is 224 Å². The number of anilines is 3. The maximum atomic E-state index is 2.36. The lowest BCUT2D eigenvalue weighted by Gasteiger charge is -2.26. The van der Waals surface area contributed by atoms with Gasteiger partial charge in [0.25, 0.3) is 0 Å². The molecule has 0 aliphatic heterocycles. The van der Waals surface area contributed by atoms with Crippen LogP contribution in [-0.2, 0) is 0 Å². The molecule has 0 fully saturated rings. The molecule has 0 atom stereocenters. The maximum Gasteiger partial charge on any atom is 0.0467 e. The van der Waals surface area contributed by atoms with Gasteiger partial charge < -0.3 is 4.90 Å². The predicted octanol–water partition coefficient (Wildman–Crippen LogP) is 14.6. The first-order chi connectivity index (χ1) is 26.3. The Labute approximate surface area is 311 Å². The minimum Gasteiger partial charge on any atom is -0.310 e. The van der Waals surface area contributed by atoms with E-state index in [9.17, 15) is 0 Å². The van der Waals surface area contributed by atoms with Gasteiger partial charge in [0.2, 0.25) is 0 Å². The predicted molar refractivity (Wildman–Crippen MR) is 226 cm³/mol. The van der Waals surface area contributed by atoms with Crippen molar-refractivity contribution in [3.05, 3.63) is 224 Å². The summed E-state index contributed by atoms with van der Waals surface area (Å²) in [5, 5.41) is 2.51. The van der Waals surface area contributed by atoms with Crippen molar-refractivity contribution in [2.24, 2.45) is 0 Å². The Morgan fingerprint density at radius 3 is 1.15 bits per heavy atom. The lowest BCUT2D eigenvalue weighted by atomic mass is 9.97. The first-order valence-electron chi connectivity index (χ1n) is 18.2. The summed E-state index contributed by atoms with van der Waals surface area (Å²) in [4.78, 5) is 2.36. The third-order valence-electron chi connectivity index (χ3n) is 10.1. The molecule has 0 spiro atoms. The molecule has 0 unspecified atom stereocenters. The van der Waals surface area contributed by atoms with Gasteiger partial charge in [-0.1, -0.05) is 188 Å². The van der Waals surface area contributed by atoms with E-state index in [0.717, 1.165) is 17.1 Å². The van der Waals surface area contributed by atoms with Crippen molar-refractivity contribution >= 4 is 27.8 Å². The fourth-order valence-corrected chi connectivity index (χ4v) is 7.31. The molecule has 53 heavy (non-hydrogen) atoms. The van der Waals surface area contributed by atoms with E-state index in [0.29, 0.717) is 0 Å². The lowest BCUT2D eigenvalue weighted by Crippen LogP contribution is -2.10. The Kier molecular flexibility index (Phi) is 8.66. The highest BCUT2D eigenvalue weighted by Gasteiger charge is 2.15. The Bertz CT molecular complexity index is 2600. The molecule has 1 nitrogen and oxygen atoms in total. The number of rotatable bonds is 8. The summed E-state index contributed by atoms with van der Waals surface area (Å²) in [5.74, 6) is 0. The molecule has 0 bridgehead atoms. The molecule has 9 aromatic carbocycles. The van der Waals surface area contributed by atoms with E-state index in [1.807, 2.05) is 0 Å². The second kappa shape index (κ2) is 14.3. The van der Waals surface area contributed by atoms with E-state index in [1.54, 1.807) is 0 Å². The highest BCUT2D eigenvalue weighted by molar-refractivity contribution is 5.97. The Hall–Kier alpha value is -6.96. The molecule has 0 amide bonds. The van der Waals surface area contributed by atoms with Crippen molar-refractivity contribution < 1.29 is 0 Å². The third-order valence-corrected chi connectivity index (χ3v) is 10.1. The molecular formula is C52H37N. The molecule has 1 heteroatoms. The molecule has 0 aliphatic carbocycles. The topological polar surface area (TPSA) is 3.24 Å². The summed E-state index contributed by atoms with van der Waals surface area (Å²) in [7, 11) is 0. The van der Waals surface area contributed by atoms with E-state index >= 15 is 0 Å². The van der Waals surface area contributed by atoms with E-state index < -0.39 is 0 Å². The van der Waals surface area contributed by atoms with Gasteiger partial charge in [-0.3, -0.25) is 0 Å². The molecule has 0 saturated heterocycles. The number of benzene rings is 9. The van der Waals surface area contributed by atoms with E-state index in [-0.39, 0.29) is 0 Å². The van der Waals surface area contributed by atoms with Crippen LogP contribution in [0.2, 0.25) is 0 Å². The van der Waals surface area contributed by atoms with E-state index in [1.165, 1.54) is 66.4 Å². The van der Waals surface area contributed by atoms with Gasteiger partial charge in [-0.25, -0.2) is 0 Å². The fourth-order valence-electron chi connectivity index (χ4n) is 7.31. The van der Waals surface area contributed by atoms with Crippen molar-refractivity contribution in [2.45, 2.75) is 0 Å². The Morgan fingerprint density at radius 2 is 0.604 bits per heavy atom. The van der Waals surface area contributed by atoms with Crippen LogP contribution in [0.3, 0.4) is 0 Å². The van der Waals surface area contributed by atoms with Crippen LogP contribution in [0.5, 0.6) is 0 Å². The zero-order valence-electron chi connectivity index (χ0n) is 29.3. The quantitative estimate of drug-likeness (QED) is 0.155. The molecule has 0 saturated carbocycles. The highest BCUT2D eigenvalue weighted by atomic mass is 15.1. The number of hydrogen-bond acceptors (Lipinski definition) is 1. The second-order valence-corrected chi connectivity index (χ2v) is 13.4. The van der Waals surface area contributed by atoms with Gasteiger partial charge in [-0.05, 0) is 103 Å². The van der Waals surface area contributed by atoms with Gasteiger partial charge in [-0.15, -0.1) is 0 Å². The molecule has 9 rings (SSSR count). The fraction of sp³-hybridized carbons (Fsp3) is 0. The van der Waals surface area contributed by atoms with E-state index in [2.05, 4.69) is 229 Å². The summed E-state index contributed by atoms with van der Waals surface area (Å²) in [5.41, 5.74) is 15.4. The average Bonchev–Trinajstić information content (AvgIpc) is 3.25. The maximum absolute atomic E-state index is 2.36. The van der Waals surface area contributed by atoms with Gasteiger partial charge >= 0.3 is 0 Å². The standard InChI is InChI=1S/C52H37N/c1-3-11-38(12-4-1)40-21-23-42(24-22-40)43-29-33-48(34-30-43)53(49-35-31-46(32-36-49)52-20-10-16-45-15-7-8-19-51(45)52)50-18-9-17-47(37-50)44-27-25-41(26-28-44)39-13-5-2-6-14-39/h1-37H. The first-order valence-corrected chi connectivity index (χ1v) is 18.2. The summed E-state index contributed by atoms with van der Waals surface area (Å²) < 4.78 is 0. The largest absolute Gasteiger partial charge is 0.310 e. The molecule has 250 valence electrons. The van der Waals surface area contributed by atoms with Crippen LogP contribution in [0.25, 0.3) is 66.4 Å². The molecule has 0 N–H and O–H groups in total. The Balaban J connectivity index is 1.08. The van der Waals surface area contributed by atoms with Crippen LogP contribution in [0.1, 0.15) is 0 Å². The van der Waals surface area contributed by atoms with Crippen LogP contribution in [0.4, 0.5) is 17.1 Å².